The molecule has 8 nitrogen and oxygen atoms in total. The average Bonchev–Trinajstić information content (AvgIpc) is 3.75. The van der Waals surface area contributed by atoms with Crippen LogP contribution in [0.1, 0.15) is 42.5 Å². The van der Waals surface area contributed by atoms with E-state index in [4.69, 9.17) is 16.3 Å². The van der Waals surface area contributed by atoms with Gasteiger partial charge in [-0.25, -0.2) is 21.6 Å². The second-order valence-corrected chi connectivity index (χ2v) is 19.8. The maximum absolute atomic E-state index is 13.3. The van der Waals surface area contributed by atoms with E-state index in [0.29, 0.717) is 34.1 Å². The molecule has 268 valence electrons. The molecule has 4 aromatic rings. The number of hydrogen-bond acceptors (Lipinski definition) is 6. The highest BCUT2D eigenvalue weighted by molar-refractivity contribution is 7.89. The summed E-state index contributed by atoms with van der Waals surface area (Å²) in [5.41, 5.74) is 4.09. The van der Waals surface area contributed by atoms with Gasteiger partial charge in [0.2, 0.25) is 20.0 Å². The van der Waals surface area contributed by atoms with Crippen molar-refractivity contribution in [3.05, 3.63) is 136 Å². The lowest BCUT2D eigenvalue weighted by Crippen LogP contribution is -2.40. The molecule has 4 aromatic carbocycles. The van der Waals surface area contributed by atoms with E-state index in [1.54, 1.807) is 29.4 Å². The molecule has 2 bridgehead atoms. The van der Waals surface area contributed by atoms with E-state index in [-0.39, 0.29) is 32.0 Å². The van der Waals surface area contributed by atoms with Crippen molar-refractivity contribution in [2.75, 3.05) is 25.9 Å². The normalized spacial score (nSPS) is 22.2. The molecule has 0 aliphatic carbocycles. The number of sulfonamides is 2. The summed E-state index contributed by atoms with van der Waals surface area (Å²) in [5.74, 6) is -0.486. The van der Waals surface area contributed by atoms with Crippen molar-refractivity contribution in [3.8, 4) is 0 Å². The lowest BCUT2D eigenvalue weighted by Gasteiger charge is -2.34. The van der Waals surface area contributed by atoms with Gasteiger partial charge < -0.3 is 4.74 Å². The van der Waals surface area contributed by atoms with Gasteiger partial charge in [0.25, 0.3) is 0 Å². The van der Waals surface area contributed by atoms with Crippen molar-refractivity contribution in [2.45, 2.75) is 61.1 Å². The molecule has 0 aromatic heterocycles. The molecule has 0 N–H and O–H groups in total. The van der Waals surface area contributed by atoms with Gasteiger partial charge in [0.15, 0.2) is 0 Å². The molecule has 3 aliphatic heterocycles. The van der Waals surface area contributed by atoms with Gasteiger partial charge in [-0.2, -0.15) is 8.61 Å². The second-order valence-electron chi connectivity index (χ2n) is 13.0. The van der Waals surface area contributed by atoms with E-state index < -0.39 is 32.1 Å². The first-order chi connectivity index (χ1) is 24.4. The Balaban J connectivity index is 0.000000177. The molecule has 7 rings (SSSR count). The van der Waals surface area contributed by atoms with Crippen LogP contribution in [-0.2, 0) is 29.6 Å². The van der Waals surface area contributed by atoms with Crippen LogP contribution in [0.25, 0.3) is 0 Å². The molecule has 0 spiro atoms. The predicted molar refractivity (Wildman–Crippen MR) is 204 cm³/mol. The van der Waals surface area contributed by atoms with E-state index in [1.165, 1.54) is 39.4 Å². The van der Waals surface area contributed by atoms with Crippen LogP contribution in [0, 0.1) is 13.8 Å². The number of carbonyl (C=O) groups is 1. The van der Waals surface area contributed by atoms with Gasteiger partial charge in [0.1, 0.15) is 0 Å². The number of hydrogen-bond donors (Lipinski definition) is 0. The number of aryl methyl sites for hydroxylation is 2. The fourth-order valence-electron chi connectivity index (χ4n) is 6.88. The summed E-state index contributed by atoms with van der Waals surface area (Å²) < 4.78 is 60.7. The molecular weight excluding hydrogens is 723 g/mol. The summed E-state index contributed by atoms with van der Waals surface area (Å²) >= 11 is 5.89. The summed E-state index contributed by atoms with van der Waals surface area (Å²) in [6.45, 7) is 6.68. The Morgan fingerprint density at radius 1 is 0.804 bits per heavy atom. The number of rotatable bonds is 8. The van der Waals surface area contributed by atoms with E-state index in [0.717, 1.165) is 23.7 Å². The van der Waals surface area contributed by atoms with Crippen molar-refractivity contribution in [3.63, 3.8) is 0 Å². The molecule has 2 saturated heterocycles. The molecular formula is C39H42ClN2O6PS2. The van der Waals surface area contributed by atoms with Crippen LogP contribution in [0.5, 0.6) is 0 Å². The molecule has 4 atom stereocenters. The number of nitrogens with zero attached hydrogens (tertiary/aromatic N) is 2. The van der Waals surface area contributed by atoms with E-state index in [1.807, 2.05) is 49.4 Å². The number of benzene rings is 4. The van der Waals surface area contributed by atoms with Crippen molar-refractivity contribution < 1.29 is 26.4 Å². The van der Waals surface area contributed by atoms with Crippen LogP contribution in [0.2, 0.25) is 5.02 Å². The van der Waals surface area contributed by atoms with Gasteiger partial charge in [-0.1, -0.05) is 103 Å². The van der Waals surface area contributed by atoms with Gasteiger partial charge in [0.05, 0.1) is 22.4 Å². The Bertz CT molecular complexity index is 2090. The third-order valence-electron chi connectivity index (χ3n) is 9.59. The first-order valence-electron chi connectivity index (χ1n) is 17.0. The molecule has 12 heteroatoms. The first-order valence-corrected chi connectivity index (χ1v) is 21.8. The fourth-order valence-corrected chi connectivity index (χ4v) is 13.6. The van der Waals surface area contributed by atoms with E-state index in [2.05, 4.69) is 31.2 Å². The maximum atomic E-state index is 13.3. The Morgan fingerprint density at radius 2 is 1.37 bits per heavy atom. The van der Waals surface area contributed by atoms with Crippen LogP contribution in [0.15, 0.2) is 125 Å². The third-order valence-corrected chi connectivity index (χ3v) is 16.7. The van der Waals surface area contributed by atoms with E-state index in [9.17, 15) is 21.6 Å². The molecule has 0 saturated carbocycles. The zero-order chi connectivity index (χ0) is 36.3. The Kier molecular flexibility index (Phi) is 11.5. The minimum absolute atomic E-state index is 0.0383. The van der Waals surface area contributed by atoms with Crippen LogP contribution in [0.3, 0.4) is 0 Å². The number of carbonyl (C=O) groups excluding carboxylic acids is 1. The predicted octanol–water partition coefficient (Wildman–Crippen LogP) is 7.22. The van der Waals surface area contributed by atoms with Crippen molar-refractivity contribution in [1.82, 2.24) is 8.61 Å². The minimum Gasteiger partial charge on any atom is -0.463 e. The summed E-state index contributed by atoms with van der Waals surface area (Å²) in [7, 11) is -7.41. The van der Waals surface area contributed by atoms with Crippen molar-refractivity contribution in [1.29, 1.82) is 0 Å². The van der Waals surface area contributed by atoms with Gasteiger partial charge in [-0.15, -0.1) is 0 Å². The Labute approximate surface area is 307 Å². The second kappa shape index (κ2) is 15.7. The van der Waals surface area contributed by atoms with Crippen molar-refractivity contribution >= 4 is 50.8 Å². The summed E-state index contributed by atoms with van der Waals surface area (Å²) in [5, 5.41) is 1.88. The van der Waals surface area contributed by atoms with Gasteiger partial charge >= 0.3 is 5.97 Å². The Hall–Kier alpha value is -3.37. The minimum atomic E-state index is -3.83. The van der Waals surface area contributed by atoms with E-state index >= 15 is 0 Å². The van der Waals surface area contributed by atoms with Gasteiger partial charge in [0, 0.05) is 29.7 Å². The number of halogens is 1. The standard InChI is InChI=1S/C20H20ClNO4S.C19H22NO2PS/c1-2-26-20(23)16-8-13-19(15-6-4-3-5-7-15)22(14-16)27(24,25)18-11-9-17(21)10-12-18;1-14-3-7-17(8-4-14)23-13-16-11-18(23)12-20(16)24(21,22)19-9-5-15(2)6-10-19/h3-12,19H,2,13-14H2,1H3;3-10,16,18H,11-13H2,1-2H3/t19-;16?,18-,23-/m10/s1. The SMILES string of the molecule is CCOC(=O)C1=CC[C@H](c2ccccc2)N(S(=O)(=O)c2ccc(Cl)cc2)C1.Cc1ccc([P@]2CC3C[C@H]2CN3S(=O)(=O)c2ccc(C)cc2)cc1. The van der Waals surface area contributed by atoms with Crippen molar-refractivity contribution in [2.24, 2.45) is 0 Å². The lowest BCUT2D eigenvalue weighted by molar-refractivity contribution is -0.138. The molecule has 51 heavy (non-hydrogen) atoms. The van der Waals surface area contributed by atoms with Crippen LogP contribution >= 0.6 is 19.5 Å². The molecule has 3 aliphatic rings. The number of esters is 1. The molecule has 0 radical (unpaired) electrons. The average molecular weight is 765 g/mol. The highest BCUT2D eigenvalue weighted by atomic mass is 35.5. The molecule has 1 unspecified atom stereocenters. The molecule has 0 amide bonds. The summed E-state index contributed by atoms with van der Waals surface area (Å²) in [4.78, 5) is 12.7. The highest BCUT2D eigenvalue weighted by Crippen LogP contribution is 2.55. The monoisotopic (exact) mass is 764 g/mol. The third kappa shape index (κ3) is 8.17. The smallest absolute Gasteiger partial charge is 0.335 e. The maximum Gasteiger partial charge on any atom is 0.335 e. The summed E-state index contributed by atoms with van der Waals surface area (Å²) in [6, 6.07) is 31.2. The molecule has 2 fully saturated rings. The highest BCUT2D eigenvalue weighted by Gasteiger charge is 2.49. The topological polar surface area (TPSA) is 101 Å². The zero-order valence-corrected chi connectivity index (χ0v) is 32.1. The first kappa shape index (κ1) is 37.4. The largest absolute Gasteiger partial charge is 0.463 e. The van der Waals surface area contributed by atoms with Crippen LogP contribution < -0.4 is 5.30 Å². The van der Waals surface area contributed by atoms with Crippen LogP contribution in [0.4, 0.5) is 0 Å². The lowest BCUT2D eigenvalue weighted by atomic mass is 9.98. The number of ether oxygens (including phenoxy) is 1. The van der Waals surface area contributed by atoms with Gasteiger partial charge in [-0.05, 0) is 92.7 Å². The quantitative estimate of drug-likeness (QED) is 0.139. The Morgan fingerprint density at radius 3 is 1.94 bits per heavy atom. The molecule has 3 heterocycles. The van der Waals surface area contributed by atoms with Crippen LogP contribution in [-0.4, -0.2) is 69.0 Å². The fraction of sp³-hybridized carbons (Fsp3) is 0.308. The van der Waals surface area contributed by atoms with Gasteiger partial charge in [-0.3, -0.25) is 0 Å². The number of fused-ring (bicyclic) bond motifs is 2. The summed E-state index contributed by atoms with van der Waals surface area (Å²) in [6.07, 6.45) is 4.19. The zero-order valence-electron chi connectivity index (χ0n) is 28.9.